The first-order chi connectivity index (χ1) is 17.0. The molecule has 1 unspecified atom stereocenters. The second-order valence-electron chi connectivity index (χ2n) is 11.4. The Morgan fingerprint density at radius 3 is 1.92 bits per heavy atom. The van der Waals surface area contributed by atoms with Gasteiger partial charge >= 0.3 is 0 Å². The number of ketones is 1. The number of thiazole rings is 1. The number of rotatable bonds is 4. The van der Waals surface area contributed by atoms with Crippen molar-refractivity contribution in [2.75, 3.05) is 4.90 Å². The van der Waals surface area contributed by atoms with Crippen LogP contribution in [-0.4, -0.2) is 37.1 Å². The average molecular weight is 541 g/mol. The number of aryl methyl sites for hydroxylation is 3. The van der Waals surface area contributed by atoms with Crippen molar-refractivity contribution in [1.82, 2.24) is 15.2 Å². The molecular weight excluding hydrogens is 508 g/mol. The number of amides is 1. The molecule has 0 radical (unpaired) electrons. The first kappa shape index (κ1) is 26.9. The van der Waals surface area contributed by atoms with E-state index in [2.05, 4.69) is 15.2 Å². The van der Waals surface area contributed by atoms with Crippen LogP contribution in [0.2, 0.25) is 0 Å². The lowest BCUT2D eigenvalue weighted by atomic mass is 9.77. The molecule has 1 aliphatic heterocycles. The minimum Gasteiger partial charge on any atom is -0.507 e. The van der Waals surface area contributed by atoms with E-state index in [1.807, 2.05) is 60.6 Å². The lowest BCUT2D eigenvalue weighted by Crippen LogP contribution is -2.31. The summed E-state index contributed by atoms with van der Waals surface area (Å²) in [6.07, 6.45) is 0. The largest absolute Gasteiger partial charge is 0.507 e. The SMILES string of the molecule is Cc1nnc(N2C(=O)C(O)=C(C(=O)c3sc(C)nc3C)C2c2cc(C(C)(C)C)c(O)c(C(C)(C)C)c2)s1. The zero-order valence-electron chi connectivity index (χ0n) is 22.5. The van der Waals surface area contributed by atoms with Gasteiger partial charge in [-0.1, -0.05) is 52.9 Å². The number of phenolic OH excluding ortho intramolecular Hbond substituents is 1. The van der Waals surface area contributed by atoms with Crippen molar-refractivity contribution in [2.24, 2.45) is 0 Å². The van der Waals surface area contributed by atoms with Gasteiger partial charge in [0.1, 0.15) is 10.8 Å². The molecule has 4 rings (SSSR count). The van der Waals surface area contributed by atoms with Crippen molar-refractivity contribution in [3.63, 3.8) is 0 Å². The van der Waals surface area contributed by atoms with Crippen LogP contribution in [0.4, 0.5) is 5.13 Å². The molecule has 1 aromatic carbocycles. The number of benzene rings is 1. The zero-order valence-corrected chi connectivity index (χ0v) is 24.2. The lowest BCUT2D eigenvalue weighted by molar-refractivity contribution is -0.117. The number of Topliss-reactive ketones (excluding diaryl/α,β-unsaturated/α-hetero) is 1. The lowest BCUT2D eigenvalue weighted by Gasteiger charge is -2.31. The van der Waals surface area contributed by atoms with Gasteiger partial charge < -0.3 is 10.2 Å². The van der Waals surface area contributed by atoms with Crippen molar-refractivity contribution < 1.29 is 19.8 Å². The Labute approximate surface area is 224 Å². The van der Waals surface area contributed by atoms with Gasteiger partial charge in [-0.05, 0) is 60.4 Å². The Bertz CT molecular complexity index is 1420. The molecule has 37 heavy (non-hydrogen) atoms. The average Bonchev–Trinajstić information content (AvgIpc) is 3.42. The Hall–Kier alpha value is -3.11. The molecular formula is C27H32N4O4S2. The molecule has 0 saturated heterocycles. The highest BCUT2D eigenvalue weighted by Crippen LogP contribution is 2.47. The maximum Gasteiger partial charge on any atom is 0.296 e. The maximum absolute atomic E-state index is 13.9. The summed E-state index contributed by atoms with van der Waals surface area (Å²) in [5.74, 6) is -1.60. The van der Waals surface area contributed by atoms with Crippen molar-refractivity contribution in [3.05, 3.63) is 60.7 Å². The van der Waals surface area contributed by atoms with Gasteiger partial charge in [-0.2, -0.15) is 0 Å². The third-order valence-corrected chi connectivity index (χ3v) is 8.26. The number of nitrogens with zero attached hydrogens (tertiary/aromatic N) is 4. The molecule has 0 spiro atoms. The normalized spacial score (nSPS) is 16.7. The van der Waals surface area contributed by atoms with Crippen LogP contribution < -0.4 is 4.90 Å². The Morgan fingerprint density at radius 2 is 1.49 bits per heavy atom. The summed E-state index contributed by atoms with van der Waals surface area (Å²) in [6.45, 7) is 17.3. The van der Waals surface area contributed by atoms with E-state index in [4.69, 9.17) is 0 Å². The number of anilines is 1. The van der Waals surface area contributed by atoms with Crippen molar-refractivity contribution in [3.8, 4) is 5.75 Å². The second kappa shape index (κ2) is 9.02. The summed E-state index contributed by atoms with van der Waals surface area (Å²) < 4.78 is 0. The highest BCUT2D eigenvalue weighted by Gasteiger charge is 2.47. The number of hydrogen-bond acceptors (Lipinski definition) is 9. The van der Waals surface area contributed by atoms with Gasteiger partial charge in [-0.15, -0.1) is 21.5 Å². The number of hydrogen-bond donors (Lipinski definition) is 2. The molecule has 2 aromatic heterocycles. The molecule has 1 aliphatic rings. The molecule has 0 fully saturated rings. The van der Waals surface area contributed by atoms with Gasteiger partial charge in [-0.3, -0.25) is 14.5 Å². The van der Waals surface area contributed by atoms with E-state index in [1.165, 1.54) is 27.6 Å². The standard InChI is InChI=1S/C27H32N4O4S2/c1-12-23(36-13(2)28-12)21(33)18-19(31(24(35)22(18)34)25-30-29-14(3)37-25)15-10-16(26(4,5)6)20(32)17(11-15)27(7,8)9/h10-11,19,32,34H,1-9H3. The molecule has 3 heterocycles. The fraction of sp³-hybridized carbons (Fsp3) is 0.444. The predicted octanol–water partition coefficient (Wildman–Crippen LogP) is 6.00. The maximum atomic E-state index is 13.9. The number of aliphatic hydroxyl groups is 1. The highest BCUT2D eigenvalue weighted by molar-refractivity contribution is 7.15. The molecule has 10 heteroatoms. The second-order valence-corrected chi connectivity index (χ2v) is 13.7. The molecule has 0 bridgehead atoms. The van der Waals surface area contributed by atoms with Gasteiger partial charge in [-0.25, -0.2) is 4.98 Å². The monoisotopic (exact) mass is 540 g/mol. The Morgan fingerprint density at radius 1 is 0.919 bits per heavy atom. The van der Waals surface area contributed by atoms with Gasteiger partial charge in [0, 0.05) is 0 Å². The summed E-state index contributed by atoms with van der Waals surface area (Å²) >= 11 is 2.43. The van der Waals surface area contributed by atoms with E-state index in [-0.39, 0.29) is 16.5 Å². The van der Waals surface area contributed by atoms with E-state index in [1.54, 1.807) is 13.8 Å². The van der Waals surface area contributed by atoms with E-state index >= 15 is 0 Å². The summed E-state index contributed by atoms with van der Waals surface area (Å²) in [5.41, 5.74) is 1.59. The number of aromatic hydroxyl groups is 1. The molecule has 1 atom stereocenters. The molecule has 0 saturated carbocycles. The number of carbonyl (C=O) groups is 2. The topological polar surface area (TPSA) is 117 Å². The van der Waals surface area contributed by atoms with Crippen LogP contribution in [0.3, 0.4) is 0 Å². The van der Waals surface area contributed by atoms with Gasteiger partial charge in [0.25, 0.3) is 5.91 Å². The quantitative estimate of drug-likeness (QED) is 0.390. The predicted molar refractivity (Wildman–Crippen MR) is 146 cm³/mol. The first-order valence-corrected chi connectivity index (χ1v) is 13.6. The summed E-state index contributed by atoms with van der Waals surface area (Å²) in [5, 5.41) is 32.3. The van der Waals surface area contributed by atoms with Crippen molar-refractivity contribution in [2.45, 2.75) is 79.2 Å². The molecule has 8 nitrogen and oxygen atoms in total. The molecule has 0 aliphatic carbocycles. The fourth-order valence-electron chi connectivity index (χ4n) is 4.56. The van der Waals surface area contributed by atoms with Gasteiger partial charge in [0.2, 0.25) is 10.9 Å². The van der Waals surface area contributed by atoms with Gasteiger partial charge in [0.15, 0.2) is 5.76 Å². The molecule has 196 valence electrons. The number of aromatic nitrogens is 3. The fourth-order valence-corrected chi connectivity index (χ4v) is 6.14. The molecule has 1 amide bonds. The summed E-state index contributed by atoms with van der Waals surface area (Å²) in [6, 6.07) is 2.68. The summed E-state index contributed by atoms with van der Waals surface area (Å²) in [4.78, 5) is 33.5. The van der Waals surface area contributed by atoms with Crippen LogP contribution in [-0.2, 0) is 15.6 Å². The van der Waals surface area contributed by atoms with Crippen molar-refractivity contribution >= 4 is 39.5 Å². The zero-order chi connectivity index (χ0) is 27.6. The minimum atomic E-state index is -0.961. The van der Waals surface area contributed by atoms with Crippen LogP contribution in [0, 0.1) is 20.8 Å². The molecule has 3 aromatic rings. The number of carbonyl (C=O) groups excluding carboxylic acids is 2. The van der Waals surface area contributed by atoms with E-state index in [0.717, 1.165) is 0 Å². The highest BCUT2D eigenvalue weighted by atomic mass is 32.1. The van der Waals surface area contributed by atoms with E-state index < -0.39 is 34.3 Å². The van der Waals surface area contributed by atoms with Crippen LogP contribution in [0.5, 0.6) is 5.75 Å². The Balaban J connectivity index is 2.04. The van der Waals surface area contributed by atoms with Crippen molar-refractivity contribution in [1.29, 1.82) is 0 Å². The van der Waals surface area contributed by atoms with Gasteiger partial charge in [0.05, 0.1) is 27.2 Å². The first-order valence-electron chi connectivity index (χ1n) is 12.0. The van der Waals surface area contributed by atoms with Crippen LogP contribution in [0.15, 0.2) is 23.5 Å². The third-order valence-electron chi connectivity index (χ3n) is 6.35. The minimum absolute atomic E-state index is 0.0324. The number of phenols is 1. The number of aliphatic hydroxyl groups excluding tert-OH is 1. The van der Waals surface area contributed by atoms with Crippen LogP contribution in [0.1, 0.15) is 89.7 Å². The smallest absolute Gasteiger partial charge is 0.296 e. The Kier molecular flexibility index (Phi) is 6.57. The molecule has 2 N–H and O–H groups in total. The van der Waals surface area contributed by atoms with Crippen LogP contribution in [0.25, 0.3) is 0 Å². The van der Waals surface area contributed by atoms with E-state index in [9.17, 15) is 19.8 Å². The van der Waals surface area contributed by atoms with Crippen LogP contribution >= 0.6 is 22.7 Å². The summed E-state index contributed by atoms with van der Waals surface area (Å²) in [7, 11) is 0. The van der Waals surface area contributed by atoms with E-state index in [0.29, 0.717) is 37.3 Å². The third kappa shape index (κ3) is 4.68.